The maximum atomic E-state index is 11.4. The van der Waals surface area contributed by atoms with Gasteiger partial charge >= 0.3 is 11.9 Å². The third-order valence-electron chi connectivity index (χ3n) is 2.70. The van der Waals surface area contributed by atoms with Crippen LogP contribution in [-0.2, 0) is 4.74 Å². The van der Waals surface area contributed by atoms with Gasteiger partial charge in [-0.1, -0.05) is 13.8 Å². The van der Waals surface area contributed by atoms with Crippen LogP contribution in [0.15, 0.2) is 12.1 Å². The van der Waals surface area contributed by atoms with Gasteiger partial charge in [-0.2, -0.15) is 0 Å². The van der Waals surface area contributed by atoms with Crippen LogP contribution in [0.1, 0.15) is 61.7 Å². The molecule has 0 saturated carbocycles. The molecule has 0 N–H and O–H groups in total. The molecule has 92 valence electrons. The summed E-state index contributed by atoms with van der Waals surface area (Å²) in [5.74, 6) is -2.19. The van der Waals surface area contributed by atoms with Gasteiger partial charge in [-0.15, -0.1) is 0 Å². The quantitative estimate of drug-likeness (QED) is 0.515. The van der Waals surface area contributed by atoms with Crippen LogP contribution in [0.2, 0.25) is 0 Å². The van der Waals surface area contributed by atoms with Gasteiger partial charge in [0, 0.05) is 11.1 Å². The van der Waals surface area contributed by atoms with Crippen molar-refractivity contribution in [1.29, 1.82) is 0 Å². The van der Waals surface area contributed by atoms with Crippen LogP contribution in [0, 0.1) is 0 Å². The highest BCUT2D eigenvalue weighted by atomic mass is 16.6. The predicted molar refractivity (Wildman–Crippen MR) is 60.8 cm³/mol. The smallest absolute Gasteiger partial charge is 0.346 e. The second kappa shape index (κ2) is 4.18. The lowest BCUT2D eigenvalue weighted by atomic mass is 10.0. The summed E-state index contributed by atoms with van der Waals surface area (Å²) in [6.07, 6.45) is -0.193. The Kier molecular flexibility index (Phi) is 2.82. The second-order valence-corrected chi connectivity index (χ2v) is 3.64. The second-order valence-electron chi connectivity index (χ2n) is 3.64. The first-order valence-electron chi connectivity index (χ1n) is 5.59. The molecule has 0 radical (unpaired) electrons. The average Bonchev–Trinajstić information content (AvgIpc) is 2.80. The van der Waals surface area contributed by atoms with E-state index in [9.17, 15) is 19.2 Å². The van der Waals surface area contributed by atoms with E-state index in [4.69, 9.17) is 0 Å². The number of cyclic esters (lactones) is 2. The Morgan fingerprint density at radius 2 is 1.17 bits per heavy atom. The fourth-order valence-electron chi connectivity index (χ4n) is 1.93. The van der Waals surface area contributed by atoms with Gasteiger partial charge < -0.3 is 4.74 Å². The van der Waals surface area contributed by atoms with E-state index in [0.717, 1.165) is 0 Å². The van der Waals surface area contributed by atoms with Gasteiger partial charge in [0.1, 0.15) is 0 Å². The molecule has 1 aliphatic heterocycles. The van der Waals surface area contributed by atoms with Crippen molar-refractivity contribution >= 4 is 23.5 Å². The van der Waals surface area contributed by atoms with Crippen molar-refractivity contribution in [3.63, 3.8) is 0 Å². The molecule has 0 atom stereocenters. The lowest BCUT2D eigenvalue weighted by Crippen LogP contribution is -1.98. The molecule has 0 saturated heterocycles. The maximum Gasteiger partial charge on any atom is 0.346 e. The number of Topliss-reactive ketones (excluding diaryl/α,β-unsaturated/α-hetero) is 2. The molecule has 5 nitrogen and oxygen atoms in total. The summed E-state index contributed by atoms with van der Waals surface area (Å²) in [4.78, 5) is 45.3. The molecule has 1 aliphatic carbocycles. The van der Waals surface area contributed by atoms with Crippen LogP contribution in [-0.4, -0.2) is 23.5 Å². The van der Waals surface area contributed by atoms with E-state index in [2.05, 4.69) is 4.74 Å². The van der Waals surface area contributed by atoms with Crippen molar-refractivity contribution in [1.82, 2.24) is 0 Å². The Morgan fingerprint density at radius 1 is 0.778 bits per heavy atom. The first-order valence-corrected chi connectivity index (χ1v) is 5.59. The molecule has 0 aromatic heterocycles. The summed E-state index contributed by atoms with van der Waals surface area (Å²) in [6.45, 7) is 4.00. The van der Waals surface area contributed by atoms with Crippen LogP contribution in [0.5, 0.6) is 0 Å². The predicted octanol–water partition coefficient (Wildman–Crippen LogP) is 1.79. The highest BCUT2D eigenvalue weighted by Gasteiger charge is 2.36. The minimum atomic E-state index is -0.769. The Balaban J connectivity index is 0.000000574. The first kappa shape index (κ1) is 12.2. The topological polar surface area (TPSA) is 77.5 Å². The number of carbonyl (C=O) groups excluding carboxylic acids is 4. The summed E-state index contributed by atoms with van der Waals surface area (Å²) < 4.78 is 4.38. The fraction of sp³-hybridized carbons (Fsp3) is 0.231. The minimum absolute atomic E-state index is 0.0619. The van der Waals surface area contributed by atoms with Crippen LogP contribution in [0.4, 0.5) is 0 Å². The summed E-state index contributed by atoms with van der Waals surface area (Å²) in [6, 6.07) is 2.54. The first-order chi connectivity index (χ1) is 8.58. The van der Waals surface area contributed by atoms with Crippen molar-refractivity contribution in [2.24, 2.45) is 0 Å². The molecule has 1 aromatic rings. The molecule has 1 heterocycles. The van der Waals surface area contributed by atoms with Crippen molar-refractivity contribution in [2.75, 3.05) is 0 Å². The number of fused-ring (bicyclic) bond motifs is 2. The van der Waals surface area contributed by atoms with E-state index in [0.29, 0.717) is 0 Å². The van der Waals surface area contributed by atoms with Crippen LogP contribution in [0.25, 0.3) is 0 Å². The molecule has 18 heavy (non-hydrogen) atoms. The Labute approximate surface area is 103 Å². The van der Waals surface area contributed by atoms with E-state index in [-0.39, 0.29) is 40.2 Å². The summed E-state index contributed by atoms with van der Waals surface area (Å²) in [5.41, 5.74) is 0.532. The Morgan fingerprint density at radius 3 is 1.56 bits per heavy atom. The molecule has 3 rings (SSSR count). The molecule has 0 spiro atoms. The number of benzene rings is 1. The zero-order valence-electron chi connectivity index (χ0n) is 9.90. The highest BCUT2D eigenvalue weighted by Crippen LogP contribution is 2.29. The van der Waals surface area contributed by atoms with Crippen molar-refractivity contribution in [3.05, 3.63) is 34.4 Å². The Hall–Kier alpha value is -2.30. The van der Waals surface area contributed by atoms with E-state index in [1.165, 1.54) is 12.1 Å². The average molecular weight is 246 g/mol. The van der Waals surface area contributed by atoms with Gasteiger partial charge in [0.05, 0.1) is 17.5 Å². The zero-order chi connectivity index (χ0) is 13.4. The van der Waals surface area contributed by atoms with Crippen LogP contribution >= 0.6 is 0 Å². The van der Waals surface area contributed by atoms with Gasteiger partial charge in [-0.3, -0.25) is 9.59 Å². The number of esters is 2. The normalized spacial score (nSPS) is 15.9. The number of carbonyl (C=O) groups is 4. The molecule has 1 aromatic carbocycles. The standard InChI is InChI=1S/C11H4O5.C2H6/c12-8-3-9(13)5-2-7-6(1-4(5)8)10(14)16-11(7)15;1-2/h1-2H,3H2;1-2H3. The molecule has 0 unspecified atom stereocenters. The lowest BCUT2D eigenvalue weighted by molar-refractivity contribution is 0.0443. The number of hydrogen-bond donors (Lipinski definition) is 0. The molecule has 0 amide bonds. The highest BCUT2D eigenvalue weighted by molar-refractivity contribution is 6.26. The van der Waals surface area contributed by atoms with Gasteiger partial charge in [-0.05, 0) is 12.1 Å². The van der Waals surface area contributed by atoms with Gasteiger partial charge in [0.2, 0.25) is 0 Å². The SMILES string of the molecule is CC.O=C1CC(=O)c2cc3c(cc21)C(=O)OC3=O. The van der Waals surface area contributed by atoms with Crippen LogP contribution < -0.4 is 0 Å². The summed E-state index contributed by atoms with van der Waals surface area (Å²) in [7, 11) is 0. The zero-order valence-corrected chi connectivity index (χ0v) is 9.90. The number of ether oxygens (including phenoxy) is 1. The largest absolute Gasteiger partial charge is 0.386 e. The summed E-state index contributed by atoms with van der Waals surface area (Å²) in [5, 5.41) is 0. The van der Waals surface area contributed by atoms with E-state index in [1.54, 1.807) is 0 Å². The molecular formula is C13H10O5. The van der Waals surface area contributed by atoms with Crippen molar-refractivity contribution in [2.45, 2.75) is 20.3 Å². The molecule has 0 fully saturated rings. The van der Waals surface area contributed by atoms with Gasteiger partial charge in [-0.25, -0.2) is 9.59 Å². The van der Waals surface area contributed by atoms with E-state index in [1.807, 2.05) is 13.8 Å². The van der Waals surface area contributed by atoms with Crippen LogP contribution in [0.3, 0.4) is 0 Å². The number of hydrogen-bond acceptors (Lipinski definition) is 5. The van der Waals surface area contributed by atoms with E-state index < -0.39 is 11.9 Å². The van der Waals surface area contributed by atoms with Gasteiger partial charge in [0.25, 0.3) is 0 Å². The van der Waals surface area contributed by atoms with E-state index >= 15 is 0 Å². The van der Waals surface area contributed by atoms with Crippen molar-refractivity contribution in [3.8, 4) is 0 Å². The maximum absolute atomic E-state index is 11.4. The molecule has 2 aliphatic rings. The fourth-order valence-corrected chi connectivity index (χ4v) is 1.93. The third kappa shape index (κ3) is 1.55. The Bertz CT molecular complexity index is 497. The third-order valence-corrected chi connectivity index (χ3v) is 2.70. The molecule has 5 heteroatoms. The lowest BCUT2D eigenvalue weighted by Gasteiger charge is -1.97. The summed E-state index contributed by atoms with van der Waals surface area (Å²) >= 11 is 0. The van der Waals surface area contributed by atoms with Crippen molar-refractivity contribution < 1.29 is 23.9 Å². The monoisotopic (exact) mass is 246 g/mol. The molecule has 0 bridgehead atoms. The minimum Gasteiger partial charge on any atom is -0.386 e. The van der Waals surface area contributed by atoms with Gasteiger partial charge in [0.15, 0.2) is 11.6 Å². The number of ketones is 2. The molecular weight excluding hydrogens is 236 g/mol. The number of rotatable bonds is 0.